The van der Waals surface area contributed by atoms with E-state index in [0.29, 0.717) is 30.6 Å². The molecular weight excluding hydrogens is 360 g/mol. The SMILES string of the molecule is CCc1cn(CCc2c(C(CO)C(=O)OC)[nH]c3ccccc23)c(=O)cc1O. The van der Waals surface area contributed by atoms with Gasteiger partial charge in [-0.15, -0.1) is 0 Å². The molecule has 0 radical (unpaired) electrons. The maximum absolute atomic E-state index is 12.2. The fourth-order valence-corrected chi connectivity index (χ4v) is 3.50. The standard InChI is InChI=1S/C21H24N2O5/c1-3-13-11-23(19(26)10-18(13)25)9-8-15-14-6-4-5-7-17(14)22-20(15)16(12-24)21(27)28-2/h4-7,10-11,16,22,24-25H,3,8-9,12H2,1-2H3. The number of aliphatic hydroxyl groups is 1. The number of aryl methyl sites for hydroxylation is 3. The number of benzene rings is 1. The molecule has 1 unspecified atom stereocenters. The van der Waals surface area contributed by atoms with Crippen molar-refractivity contribution in [2.75, 3.05) is 13.7 Å². The molecule has 2 heterocycles. The highest BCUT2D eigenvalue weighted by Crippen LogP contribution is 2.29. The summed E-state index contributed by atoms with van der Waals surface area (Å²) < 4.78 is 6.38. The van der Waals surface area contributed by atoms with Crippen molar-refractivity contribution in [3.8, 4) is 5.75 Å². The summed E-state index contributed by atoms with van der Waals surface area (Å²) in [6.07, 6.45) is 2.75. The molecule has 0 fully saturated rings. The molecule has 3 aromatic rings. The number of aliphatic hydroxyl groups excluding tert-OH is 1. The van der Waals surface area contributed by atoms with Crippen LogP contribution < -0.4 is 5.56 Å². The normalized spacial score (nSPS) is 12.2. The first-order valence-electron chi connectivity index (χ1n) is 9.20. The van der Waals surface area contributed by atoms with E-state index >= 15 is 0 Å². The first-order chi connectivity index (χ1) is 13.5. The number of methoxy groups -OCH3 is 1. The fraction of sp³-hybridized carbons (Fsp3) is 0.333. The number of H-pyrrole nitrogens is 1. The molecule has 1 atom stereocenters. The maximum Gasteiger partial charge on any atom is 0.317 e. The Hall–Kier alpha value is -3.06. The van der Waals surface area contributed by atoms with Crippen LogP contribution in [0.5, 0.6) is 5.75 Å². The van der Waals surface area contributed by atoms with Gasteiger partial charge < -0.3 is 24.5 Å². The number of nitrogens with zero attached hydrogens (tertiary/aromatic N) is 1. The Bertz CT molecular complexity index is 1050. The number of hydrogen-bond donors (Lipinski definition) is 3. The topological polar surface area (TPSA) is 105 Å². The number of rotatable bonds is 7. The van der Waals surface area contributed by atoms with Crippen LogP contribution in [0.2, 0.25) is 0 Å². The Morgan fingerprint density at radius 2 is 2.07 bits per heavy atom. The zero-order valence-corrected chi connectivity index (χ0v) is 15.9. The van der Waals surface area contributed by atoms with E-state index in [-0.39, 0.29) is 17.9 Å². The van der Waals surface area contributed by atoms with Crippen LogP contribution in [0.1, 0.15) is 29.7 Å². The predicted octanol–water partition coefficient (Wildman–Crippen LogP) is 2.09. The van der Waals surface area contributed by atoms with Crippen molar-refractivity contribution < 1.29 is 19.7 Å². The van der Waals surface area contributed by atoms with E-state index in [1.165, 1.54) is 13.2 Å². The van der Waals surface area contributed by atoms with Gasteiger partial charge in [0.2, 0.25) is 0 Å². The van der Waals surface area contributed by atoms with E-state index in [4.69, 9.17) is 4.74 Å². The minimum atomic E-state index is -0.824. The molecule has 1 aromatic carbocycles. The first kappa shape index (κ1) is 19.7. The summed E-state index contributed by atoms with van der Waals surface area (Å²) in [7, 11) is 1.29. The molecule has 7 nitrogen and oxygen atoms in total. The van der Waals surface area contributed by atoms with Gasteiger partial charge in [0.25, 0.3) is 5.56 Å². The highest BCUT2D eigenvalue weighted by atomic mass is 16.5. The zero-order valence-electron chi connectivity index (χ0n) is 15.9. The van der Waals surface area contributed by atoms with Crippen LogP contribution in [0.25, 0.3) is 10.9 Å². The van der Waals surface area contributed by atoms with Crippen molar-refractivity contribution in [3.05, 3.63) is 63.7 Å². The van der Waals surface area contributed by atoms with Gasteiger partial charge in [-0.1, -0.05) is 25.1 Å². The van der Waals surface area contributed by atoms with E-state index in [1.807, 2.05) is 31.2 Å². The Balaban J connectivity index is 2.02. The number of aromatic nitrogens is 2. The number of pyridine rings is 1. The van der Waals surface area contributed by atoms with Crippen molar-refractivity contribution in [3.63, 3.8) is 0 Å². The Morgan fingerprint density at radius 3 is 2.75 bits per heavy atom. The van der Waals surface area contributed by atoms with Crippen molar-refractivity contribution >= 4 is 16.9 Å². The Morgan fingerprint density at radius 1 is 1.32 bits per heavy atom. The average molecular weight is 384 g/mol. The summed E-state index contributed by atoms with van der Waals surface area (Å²) in [6.45, 7) is 1.90. The fourth-order valence-electron chi connectivity index (χ4n) is 3.50. The molecule has 7 heteroatoms. The minimum absolute atomic E-state index is 0.00238. The number of aromatic hydroxyl groups is 1. The van der Waals surface area contributed by atoms with Gasteiger partial charge in [-0.2, -0.15) is 0 Å². The van der Waals surface area contributed by atoms with E-state index in [1.54, 1.807) is 10.8 Å². The molecule has 3 rings (SSSR count). The third-order valence-electron chi connectivity index (χ3n) is 5.03. The van der Waals surface area contributed by atoms with Crippen LogP contribution in [0.3, 0.4) is 0 Å². The van der Waals surface area contributed by atoms with Crippen molar-refractivity contribution in [2.45, 2.75) is 32.2 Å². The van der Waals surface area contributed by atoms with Gasteiger partial charge >= 0.3 is 5.97 Å². The Labute approximate surface area is 162 Å². The largest absolute Gasteiger partial charge is 0.507 e. The lowest BCUT2D eigenvalue weighted by Crippen LogP contribution is -2.22. The molecule has 0 saturated carbocycles. The highest BCUT2D eigenvalue weighted by molar-refractivity contribution is 5.88. The lowest BCUT2D eigenvalue weighted by Gasteiger charge is -2.14. The third-order valence-corrected chi connectivity index (χ3v) is 5.03. The zero-order chi connectivity index (χ0) is 20.3. The van der Waals surface area contributed by atoms with Gasteiger partial charge in [0.05, 0.1) is 13.7 Å². The summed E-state index contributed by atoms with van der Waals surface area (Å²) in [6, 6.07) is 8.84. The van der Waals surface area contributed by atoms with Crippen molar-refractivity contribution in [1.29, 1.82) is 0 Å². The summed E-state index contributed by atoms with van der Waals surface area (Å²) in [4.78, 5) is 27.6. The number of hydrogen-bond acceptors (Lipinski definition) is 5. The number of fused-ring (bicyclic) bond motifs is 1. The van der Waals surface area contributed by atoms with Gasteiger partial charge in [-0.3, -0.25) is 9.59 Å². The number of ether oxygens (including phenoxy) is 1. The maximum atomic E-state index is 12.2. The monoisotopic (exact) mass is 384 g/mol. The molecular formula is C21H24N2O5. The molecule has 28 heavy (non-hydrogen) atoms. The van der Waals surface area contributed by atoms with Crippen LogP contribution in [0, 0.1) is 0 Å². The number of nitrogens with one attached hydrogen (secondary N) is 1. The number of para-hydroxylation sites is 1. The van der Waals surface area contributed by atoms with Crippen LogP contribution in [-0.4, -0.2) is 39.5 Å². The van der Waals surface area contributed by atoms with Crippen LogP contribution in [-0.2, 0) is 28.9 Å². The highest BCUT2D eigenvalue weighted by Gasteiger charge is 2.26. The second-order valence-electron chi connectivity index (χ2n) is 6.64. The lowest BCUT2D eigenvalue weighted by molar-refractivity contribution is -0.143. The van der Waals surface area contributed by atoms with Gasteiger partial charge in [-0.05, 0) is 24.5 Å². The van der Waals surface area contributed by atoms with E-state index < -0.39 is 11.9 Å². The molecule has 0 aliphatic rings. The average Bonchev–Trinajstić information content (AvgIpc) is 3.06. The number of esters is 1. The van der Waals surface area contributed by atoms with Gasteiger partial charge in [0.15, 0.2) is 0 Å². The molecule has 0 saturated heterocycles. The van der Waals surface area contributed by atoms with E-state index in [2.05, 4.69) is 4.98 Å². The summed E-state index contributed by atoms with van der Waals surface area (Å²) in [5, 5.41) is 20.5. The number of carbonyl (C=O) groups is 1. The smallest absolute Gasteiger partial charge is 0.317 e. The molecule has 3 N–H and O–H groups in total. The molecule has 148 valence electrons. The molecule has 2 aromatic heterocycles. The predicted molar refractivity (Wildman–Crippen MR) is 106 cm³/mol. The van der Waals surface area contributed by atoms with Gasteiger partial charge in [-0.25, -0.2) is 0 Å². The van der Waals surface area contributed by atoms with Gasteiger partial charge in [0.1, 0.15) is 11.7 Å². The molecule has 0 bridgehead atoms. The molecule has 0 aliphatic heterocycles. The summed E-state index contributed by atoms with van der Waals surface area (Å²) >= 11 is 0. The number of carbonyl (C=O) groups excluding carboxylic acids is 1. The van der Waals surface area contributed by atoms with Gasteiger partial charge in [0, 0.05) is 41.0 Å². The minimum Gasteiger partial charge on any atom is -0.507 e. The van der Waals surface area contributed by atoms with E-state index in [0.717, 1.165) is 16.5 Å². The number of aromatic amines is 1. The van der Waals surface area contributed by atoms with Crippen molar-refractivity contribution in [1.82, 2.24) is 9.55 Å². The molecule has 0 aliphatic carbocycles. The summed E-state index contributed by atoms with van der Waals surface area (Å²) in [5.74, 6) is -1.34. The van der Waals surface area contributed by atoms with Crippen molar-refractivity contribution in [2.24, 2.45) is 0 Å². The quantitative estimate of drug-likeness (QED) is 0.541. The first-order valence-corrected chi connectivity index (χ1v) is 9.20. The van der Waals surface area contributed by atoms with Crippen LogP contribution in [0.4, 0.5) is 0 Å². The molecule has 0 spiro atoms. The third kappa shape index (κ3) is 3.66. The second kappa shape index (κ2) is 8.31. The van der Waals surface area contributed by atoms with Crippen LogP contribution in [0.15, 0.2) is 41.3 Å². The Kier molecular flexibility index (Phi) is 5.84. The summed E-state index contributed by atoms with van der Waals surface area (Å²) in [5.41, 5.74) is 2.71. The molecule has 0 amide bonds. The van der Waals surface area contributed by atoms with Crippen LogP contribution >= 0.6 is 0 Å². The second-order valence-corrected chi connectivity index (χ2v) is 6.64. The lowest BCUT2D eigenvalue weighted by atomic mass is 9.98. The van der Waals surface area contributed by atoms with E-state index in [9.17, 15) is 19.8 Å².